The molecule has 0 aliphatic carbocycles. The van der Waals surface area contributed by atoms with E-state index < -0.39 is 6.10 Å². The molecule has 0 unspecified atom stereocenters. The minimum absolute atomic E-state index is 0.107. The number of piperidine rings is 1. The number of H-pyrrole nitrogens is 1. The number of aliphatic hydroxyl groups excluding tert-OH is 1. The van der Waals surface area contributed by atoms with Crippen LogP contribution in [0.1, 0.15) is 31.0 Å². The SMILES string of the molecule is O=C([C@@H]1C[C@H](O)CN1)N1CCC[C@@H](c2ncc(-c3ccccc3)[nH]2)C1. The lowest BCUT2D eigenvalue weighted by Crippen LogP contribution is -2.47. The Bertz CT molecular complexity index is 730. The Hall–Kier alpha value is -2.18. The number of rotatable bonds is 3. The van der Waals surface area contributed by atoms with Crippen LogP contribution < -0.4 is 5.32 Å². The molecule has 3 N–H and O–H groups in total. The molecule has 2 aliphatic rings. The predicted molar refractivity (Wildman–Crippen MR) is 95.0 cm³/mol. The number of nitrogens with one attached hydrogen (secondary N) is 2. The Morgan fingerprint density at radius 2 is 2.12 bits per heavy atom. The van der Waals surface area contributed by atoms with E-state index in [0.717, 1.165) is 36.5 Å². The number of β-amino-alcohol motifs (C(OH)–C–C–N with tert-alkyl or cyclic N) is 1. The second-order valence-electron chi connectivity index (χ2n) is 7.02. The molecule has 132 valence electrons. The summed E-state index contributed by atoms with van der Waals surface area (Å²) >= 11 is 0. The van der Waals surface area contributed by atoms with Crippen molar-refractivity contribution in [3.8, 4) is 11.3 Å². The number of hydrogen-bond donors (Lipinski definition) is 3. The van der Waals surface area contributed by atoms with Gasteiger partial charge >= 0.3 is 0 Å². The Kier molecular flexibility index (Phi) is 4.55. The fraction of sp³-hybridized carbons (Fsp3) is 0.474. The van der Waals surface area contributed by atoms with Crippen LogP contribution >= 0.6 is 0 Å². The van der Waals surface area contributed by atoms with Crippen LogP contribution in [0.2, 0.25) is 0 Å². The van der Waals surface area contributed by atoms with E-state index in [1.807, 2.05) is 29.3 Å². The minimum atomic E-state index is -0.409. The van der Waals surface area contributed by atoms with Gasteiger partial charge in [-0.2, -0.15) is 0 Å². The van der Waals surface area contributed by atoms with Crippen LogP contribution in [0.25, 0.3) is 11.3 Å². The highest BCUT2D eigenvalue weighted by Crippen LogP contribution is 2.28. The number of benzene rings is 1. The quantitative estimate of drug-likeness (QED) is 0.791. The Labute approximate surface area is 147 Å². The molecule has 1 amide bonds. The first kappa shape index (κ1) is 16.3. The van der Waals surface area contributed by atoms with Gasteiger partial charge in [-0.1, -0.05) is 30.3 Å². The molecular weight excluding hydrogens is 316 g/mol. The molecule has 1 aromatic heterocycles. The summed E-state index contributed by atoms with van der Waals surface area (Å²) in [6, 6.07) is 9.90. The van der Waals surface area contributed by atoms with Crippen LogP contribution in [0.3, 0.4) is 0 Å². The van der Waals surface area contributed by atoms with Crippen molar-refractivity contribution in [1.82, 2.24) is 20.2 Å². The van der Waals surface area contributed by atoms with Crippen molar-refractivity contribution in [2.45, 2.75) is 37.3 Å². The molecule has 1 aromatic carbocycles. The average Bonchev–Trinajstić information content (AvgIpc) is 3.31. The molecule has 2 aliphatic heterocycles. The third kappa shape index (κ3) is 3.45. The Balaban J connectivity index is 1.45. The largest absolute Gasteiger partial charge is 0.392 e. The fourth-order valence-corrected chi connectivity index (χ4v) is 3.83. The summed E-state index contributed by atoms with van der Waals surface area (Å²) < 4.78 is 0. The summed E-state index contributed by atoms with van der Waals surface area (Å²) in [5, 5.41) is 12.8. The van der Waals surface area contributed by atoms with Crippen molar-refractivity contribution in [3.63, 3.8) is 0 Å². The van der Waals surface area contributed by atoms with Gasteiger partial charge in [0, 0.05) is 25.6 Å². The highest BCUT2D eigenvalue weighted by Gasteiger charge is 2.34. The van der Waals surface area contributed by atoms with E-state index in [1.165, 1.54) is 0 Å². The first-order valence-corrected chi connectivity index (χ1v) is 9.01. The molecule has 0 radical (unpaired) electrons. The summed E-state index contributed by atoms with van der Waals surface area (Å²) in [6.07, 6.45) is 3.99. The van der Waals surface area contributed by atoms with Gasteiger partial charge in [-0.3, -0.25) is 4.79 Å². The van der Waals surface area contributed by atoms with Gasteiger partial charge in [-0.05, 0) is 24.8 Å². The summed E-state index contributed by atoms with van der Waals surface area (Å²) in [6.45, 7) is 1.98. The zero-order chi connectivity index (χ0) is 17.2. The van der Waals surface area contributed by atoms with Crippen molar-refractivity contribution in [2.75, 3.05) is 19.6 Å². The van der Waals surface area contributed by atoms with Crippen LogP contribution in [0, 0.1) is 0 Å². The molecule has 2 aromatic rings. The zero-order valence-electron chi connectivity index (χ0n) is 14.2. The monoisotopic (exact) mass is 340 g/mol. The van der Waals surface area contributed by atoms with Gasteiger partial charge in [0.25, 0.3) is 0 Å². The molecule has 0 bridgehead atoms. The molecular formula is C19H24N4O2. The van der Waals surface area contributed by atoms with Crippen LogP contribution in [0.4, 0.5) is 0 Å². The van der Waals surface area contributed by atoms with Gasteiger partial charge in [0.15, 0.2) is 0 Å². The third-order valence-corrected chi connectivity index (χ3v) is 5.21. The van der Waals surface area contributed by atoms with Gasteiger partial charge in [0.05, 0.1) is 24.0 Å². The first-order chi connectivity index (χ1) is 12.2. The predicted octanol–water partition coefficient (Wildman–Crippen LogP) is 1.51. The van der Waals surface area contributed by atoms with E-state index in [2.05, 4.69) is 27.4 Å². The number of imidazole rings is 1. The third-order valence-electron chi connectivity index (χ3n) is 5.21. The van der Waals surface area contributed by atoms with E-state index in [0.29, 0.717) is 19.5 Å². The standard InChI is InChI=1S/C19H24N4O2/c24-15-9-16(20-10-15)19(25)23-8-4-7-14(12-23)18-21-11-17(22-18)13-5-2-1-3-6-13/h1-3,5-6,11,14-16,20,24H,4,7-10,12H2,(H,21,22)/t14-,15+,16+/m1/s1. The topological polar surface area (TPSA) is 81.2 Å². The van der Waals surface area contributed by atoms with Crippen LogP contribution in [0.15, 0.2) is 36.5 Å². The number of likely N-dealkylation sites (tertiary alicyclic amines) is 1. The lowest BCUT2D eigenvalue weighted by Gasteiger charge is -2.33. The molecule has 0 spiro atoms. The Morgan fingerprint density at radius 3 is 2.88 bits per heavy atom. The molecule has 0 saturated carbocycles. The molecule has 4 rings (SSSR count). The Morgan fingerprint density at radius 1 is 1.28 bits per heavy atom. The van der Waals surface area contributed by atoms with E-state index in [-0.39, 0.29) is 17.9 Å². The molecule has 3 atom stereocenters. The molecule has 25 heavy (non-hydrogen) atoms. The van der Waals surface area contributed by atoms with Gasteiger partial charge in [-0.25, -0.2) is 4.98 Å². The number of aromatic amines is 1. The van der Waals surface area contributed by atoms with Crippen molar-refractivity contribution < 1.29 is 9.90 Å². The van der Waals surface area contributed by atoms with Crippen molar-refractivity contribution >= 4 is 5.91 Å². The maximum atomic E-state index is 12.7. The molecule has 6 nitrogen and oxygen atoms in total. The number of amides is 1. The molecule has 3 heterocycles. The van der Waals surface area contributed by atoms with Crippen LogP contribution in [0.5, 0.6) is 0 Å². The lowest BCUT2D eigenvalue weighted by molar-refractivity contribution is -0.134. The molecule has 2 saturated heterocycles. The van der Waals surface area contributed by atoms with Crippen LogP contribution in [-0.4, -0.2) is 57.7 Å². The second-order valence-corrected chi connectivity index (χ2v) is 7.02. The highest BCUT2D eigenvalue weighted by atomic mass is 16.3. The van der Waals surface area contributed by atoms with E-state index in [9.17, 15) is 9.90 Å². The summed E-state index contributed by atoms with van der Waals surface area (Å²) in [7, 11) is 0. The number of carbonyl (C=O) groups excluding carboxylic acids is 1. The minimum Gasteiger partial charge on any atom is -0.392 e. The summed E-state index contributed by atoms with van der Waals surface area (Å²) in [4.78, 5) is 22.6. The van der Waals surface area contributed by atoms with Gasteiger partial charge in [0.2, 0.25) is 5.91 Å². The summed E-state index contributed by atoms with van der Waals surface area (Å²) in [5.41, 5.74) is 2.13. The van der Waals surface area contributed by atoms with Crippen molar-refractivity contribution in [3.05, 3.63) is 42.4 Å². The van der Waals surface area contributed by atoms with Crippen molar-refractivity contribution in [2.24, 2.45) is 0 Å². The number of aliphatic hydroxyl groups is 1. The van der Waals surface area contributed by atoms with Gasteiger partial charge in [-0.15, -0.1) is 0 Å². The number of aromatic nitrogens is 2. The zero-order valence-corrected chi connectivity index (χ0v) is 14.2. The smallest absolute Gasteiger partial charge is 0.239 e. The van der Waals surface area contributed by atoms with Crippen molar-refractivity contribution in [1.29, 1.82) is 0 Å². The van der Waals surface area contributed by atoms with E-state index in [4.69, 9.17) is 0 Å². The summed E-state index contributed by atoms with van der Waals surface area (Å²) in [5.74, 6) is 1.30. The first-order valence-electron chi connectivity index (χ1n) is 9.01. The van der Waals surface area contributed by atoms with Gasteiger partial charge < -0.3 is 20.3 Å². The average molecular weight is 340 g/mol. The normalized spacial score (nSPS) is 26.8. The second kappa shape index (κ2) is 6.98. The fourth-order valence-electron chi connectivity index (χ4n) is 3.83. The molecule has 6 heteroatoms. The molecule has 2 fully saturated rings. The highest BCUT2D eigenvalue weighted by molar-refractivity contribution is 5.82. The number of carbonyl (C=O) groups is 1. The van der Waals surface area contributed by atoms with E-state index in [1.54, 1.807) is 0 Å². The van der Waals surface area contributed by atoms with Crippen LogP contribution in [-0.2, 0) is 4.79 Å². The van der Waals surface area contributed by atoms with Gasteiger partial charge in [0.1, 0.15) is 5.82 Å². The maximum absolute atomic E-state index is 12.7. The number of nitrogens with zero attached hydrogens (tertiary/aromatic N) is 2. The maximum Gasteiger partial charge on any atom is 0.239 e. The van der Waals surface area contributed by atoms with E-state index >= 15 is 0 Å². The number of hydrogen-bond acceptors (Lipinski definition) is 4. The lowest BCUT2D eigenvalue weighted by atomic mass is 9.96.